The van der Waals surface area contributed by atoms with Crippen molar-refractivity contribution in [2.24, 2.45) is 11.8 Å². The number of esters is 1. The predicted molar refractivity (Wildman–Crippen MR) is 161 cm³/mol. The van der Waals surface area contributed by atoms with Crippen LogP contribution in [0.2, 0.25) is 18.1 Å². The highest BCUT2D eigenvalue weighted by molar-refractivity contribution is 6.74. The molecular weight excluding hydrogens is 524 g/mol. The third-order valence-electron chi connectivity index (χ3n) is 8.57. The smallest absolute Gasteiger partial charge is 0.410 e. The van der Waals surface area contributed by atoms with E-state index in [1.54, 1.807) is 20.8 Å². The molecule has 1 aromatic rings. The molecule has 0 spiro atoms. The highest BCUT2D eigenvalue weighted by atomic mass is 28.4. The summed E-state index contributed by atoms with van der Waals surface area (Å²) in [6.45, 7) is 24.7. The fourth-order valence-electron chi connectivity index (χ4n) is 4.73. The summed E-state index contributed by atoms with van der Waals surface area (Å²) >= 11 is 0. The van der Waals surface area contributed by atoms with E-state index in [1.165, 1.54) is 12.0 Å². The molecule has 1 N–H and O–H groups in total. The van der Waals surface area contributed by atoms with Gasteiger partial charge >= 0.3 is 12.1 Å². The topological polar surface area (TPSA) is 94.2 Å². The monoisotopic (exact) mass is 576 g/mol. The molecule has 226 valence electrons. The number of carbonyl (C=O) groups excluding carboxylic acids is 3. The Bertz CT molecular complexity index is 1070. The third kappa shape index (κ3) is 7.80. The van der Waals surface area contributed by atoms with Crippen molar-refractivity contribution in [2.45, 2.75) is 117 Å². The molecule has 1 saturated heterocycles. The predicted octanol–water partition coefficient (Wildman–Crippen LogP) is 6.29. The minimum atomic E-state index is -2.06. The molecule has 0 aliphatic carbocycles. The number of methoxy groups -OCH3 is 1. The molecule has 0 unspecified atom stereocenters. The number of likely N-dealkylation sites (tertiary alicyclic amines) is 1. The van der Waals surface area contributed by atoms with E-state index in [-0.39, 0.29) is 16.9 Å². The Morgan fingerprint density at radius 1 is 1.10 bits per heavy atom. The molecule has 4 atom stereocenters. The first kappa shape index (κ1) is 33.7. The number of hydrogen-bond donors (Lipinski definition) is 1. The first-order chi connectivity index (χ1) is 18.1. The van der Waals surface area contributed by atoms with Crippen molar-refractivity contribution < 1.29 is 28.3 Å². The Labute approximate surface area is 242 Å². The van der Waals surface area contributed by atoms with Gasteiger partial charge in [0.15, 0.2) is 0 Å². The highest BCUT2D eigenvalue weighted by Crippen LogP contribution is 2.44. The van der Waals surface area contributed by atoms with Crippen molar-refractivity contribution in [3.63, 3.8) is 0 Å². The summed E-state index contributed by atoms with van der Waals surface area (Å²) in [6, 6.07) is 6.47. The van der Waals surface area contributed by atoms with Gasteiger partial charge in [-0.05, 0) is 80.3 Å². The van der Waals surface area contributed by atoms with Crippen LogP contribution in [0.4, 0.5) is 4.79 Å². The van der Waals surface area contributed by atoms with Gasteiger partial charge in [0.05, 0.1) is 7.11 Å². The molecule has 9 heteroatoms. The number of piperidine rings is 1. The maximum atomic E-state index is 13.8. The number of benzene rings is 1. The number of nitrogens with one attached hydrogen (secondary N) is 1. The number of amides is 2. The van der Waals surface area contributed by atoms with E-state index >= 15 is 0 Å². The molecule has 0 bridgehead atoms. The van der Waals surface area contributed by atoms with E-state index in [9.17, 15) is 14.4 Å². The molecule has 1 fully saturated rings. The number of carbonyl (C=O) groups is 3. The molecular formula is C31H52N2O6Si. The van der Waals surface area contributed by atoms with E-state index < -0.39 is 49.4 Å². The largest absolute Gasteiger partial charge is 0.543 e. The quantitative estimate of drug-likeness (QED) is 0.303. The third-order valence-corrected chi connectivity index (χ3v) is 12.9. The van der Waals surface area contributed by atoms with Crippen LogP contribution in [0, 0.1) is 11.8 Å². The Balaban J connectivity index is 2.50. The lowest BCUT2D eigenvalue weighted by molar-refractivity contribution is -0.147. The van der Waals surface area contributed by atoms with Crippen molar-refractivity contribution in [1.82, 2.24) is 10.2 Å². The van der Waals surface area contributed by atoms with Crippen molar-refractivity contribution >= 4 is 26.3 Å². The maximum Gasteiger partial charge on any atom is 0.410 e. The van der Waals surface area contributed by atoms with E-state index in [0.29, 0.717) is 13.0 Å². The standard InChI is InChI=1S/C31H52N2O6Si/c1-20(2)25(27(35)37-11)32-26(34)24-18-31(10,21(3)19-33(24)28(36)38-29(4,5)6)22-15-14-16-23(17-22)39-40(12,13)30(7,8)9/h14-17,20-21,24-25H,18-19H2,1-13H3,(H,32,34)/t21-,24+,25-,31+/m0/s1. The summed E-state index contributed by atoms with van der Waals surface area (Å²) in [7, 11) is -0.760. The van der Waals surface area contributed by atoms with Crippen LogP contribution < -0.4 is 9.74 Å². The fourth-order valence-corrected chi connectivity index (χ4v) is 5.75. The summed E-state index contributed by atoms with van der Waals surface area (Å²) in [5, 5.41) is 2.92. The minimum absolute atomic E-state index is 0.00805. The van der Waals surface area contributed by atoms with Gasteiger partial charge in [0.25, 0.3) is 0 Å². The van der Waals surface area contributed by atoms with Crippen LogP contribution in [-0.2, 0) is 24.5 Å². The second-order valence-corrected chi connectivity index (χ2v) is 19.0. The molecule has 0 radical (unpaired) electrons. The van der Waals surface area contributed by atoms with Crippen LogP contribution in [0.15, 0.2) is 24.3 Å². The average molecular weight is 577 g/mol. The Morgan fingerprint density at radius 2 is 1.70 bits per heavy atom. The Kier molecular flexibility index (Phi) is 10.2. The maximum absolute atomic E-state index is 13.8. The highest BCUT2D eigenvalue weighted by Gasteiger charge is 2.49. The van der Waals surface area contributed by atoms with Crippen LogP contribution in [0.5, 0.6) is 5.75 Å². The second kappa shape index (κ2) is 12.1. The first-order valence-electron chi connectivity index (χ1n) is 14.3. The zero-order valence-electron chi connectivity index (χ0n) is 26.9. The lowest BCUT2D eigenvalue weighted by Gasteiger charge is -2.49. The summed E-state index contributed by atoms with van der Waals surface area (Å²) in [5.74, 6) is -0.284. The van der Waals surface area contributed by atoms with Gasteiger partial charge in [-0.1, -0.05) is 60.6 Å². The number of rotatable bonds is 7. The van der Waals surface area contributed by atoms with E-state index in [0.717, 1.165) is 11.3 Å². The minimum Gasteiger partial charge on any atom is -0.543 e. The molecule has 1 aliphatic rings. The number of ether oxygens (including phenoxy) is 2. The normalized spacial score (nSPS) is 22.9. The SMILES string of the molecule is COC(=O)[C@@H](NC(=O)[C@H]1C[C@@](C)(c2cccc(O[Si](C)(C)C(C)(C)C)c2)[C@@H](C)CN1C(=O)OC(C)(C)C)C(C)C. The van der Waals surface area contributed by atoms with E-state index in [4.69, 9.17) is 13.9 Å². The van der Waals surface area contributed by atoms with Gasteiger partial charge in [-0.15, -0.1) is 0 Å². The summed E-state index contributed by atoms with van der Waals surface area (Å²) < 4.78 is 17.3. The molecule has 2 amide bonds. The molecule has 0 aromatic heterocycles. The van der Waals surface area contributed by atoms with Crippen LogP contribution >= 0.6 is 0 Å². The van der Waals surface area contributed by atoms with Gasteiger partial charge in [0.2, 0.25) is 14.2 Å². The van der Waals surface area contributed by atoms with Crippen LogP contribution in [0.1, 0.15) is 81.2 Å². The van der Waals surface area contributed by atoms with Crippen molar-refractivity contribution in [1.29, 1.82) is 0 Å². The molecule has 0 saturated carbocycles. The molecule has 2 rings (SSSR count). The van der Waals surface area contributed by atoms with Crippen LogP contribution in [-0.4, -0.2) is 62.5 Å². The Morgan fingerprint density at radius 3 is 2.20 bits per heavy atom. The number of nitrogens with zero attached hydrogens (tertiary/aromatic N) is 1. The fraction of sp³-hybridized carbons (Fsp3) is 0.710. The lowest BCUT2D eigenvalue weighted by atomic mass is 9.65. The number of hydrogen-bond acceptors (Lipinski definition) is 6. The lowest BCUT2D eigenvalue weighted by Crippen LogP contribution is -2.62. The van der Waals surface area contributed by atoms with Crippen molar-refractivity contribution in [3.05, 3.63) is 29.8 Å². The zero-order valence-corrected chi connectivity index (χ0v) is 27.9. The second-order valence-electron chi connectivity index (χ2n) is 14.3. The van der Waals surface area contributed by atoms with Gasteiger partial charge in [-0.2, -0.15) is 0 Å². The van der Waals surface area contributed by atoms with E-state index in [1.807, 2.05) is 26.0 Å². The van der Waals surface area contributed by atoms with Crippen LogP contribution in [0.3, 0.4) is 0 Å². The Hall–Kier alpha value is -2.55. The van der Waals surface area contributed by atoms with Gasteiger partial charge in [-0.25, -0.2) is 9.59 Å². The van der Waals surface area contributed by atoms with Gasteiger partial charge < -0.3 is 19.2 Å². The van der Waals surface area contributed by atoms with Crippen LogP contribution in [0.25, 0.3) is 0 Å². The molecule has 1 heterocycles. The molecule has 8 nitrogen and oxygen atoms in total. The molecule has 1 aliphatic heterocycles. The first-order valence-corrected chi connectivity index (χ1v) is 17.2. The average Bonchev–Trinajstić information content (AvgIpc) is 2.81. The zero-order chi connectivity index (χ0) is 30.8. The van der Waals surface area contributed by atoms with Gasteiger partial charge in [-0.3, -0.25) is 9.69 Å². The summed E-state index contributed by atoms with van der Waals surface area (Å²) in [4.78, 5) is 41.1. The van der Waals surface area contributed by atoms with Gasteiger partial charge in [0.1, 0.15) is 23.4 Å². The van der Waals surface area contributed by atoms with Gasteiger partial charge in [0, 0.05) is 6.54 Å². The van der Waals surface area contributed by atoms with Crippen molar-refractivity contribution in [3.8, 4) is 5.75 Å². The van der Waals surface area contributed by atoms with E-state index in [2.05, 4.69) is 65.2 Å². The summed E-state index contributed by atoms with van der Waals surface area (Å²) in [5.41, 5.74) is -0.123. The summed E-state index contributed by atoms with van der Waals surface area (Å²) in [6.07, 6.45) is -0.190. The molecule has 40 heavy (non-hydrogen) atoms. The molecule has 1 aromatic carbocycles. The van der Waals surface area contributed by atoms with Crippen molar-refractivity contribution in [2.75, 3.05) is 13.7 Å².